The average Bonchev–Trinajstić information content (AvgIpc) is 3.15. The van der Waals surface area contributed by atoms with E-state index in [0.29, 0.717) is 6.07 Å². The second kappa shape index (κ2) is 18.8. The van der Waals surface area contributed by atoms with Crippen LogP contribution in [0.5, 0.6) is 5.75 Å². The van der Waals surface area contributed by atoms with Gasteiger partial charge in [-0.25, -0.2) is 22.1 Å². The van der Waals surface area contributed by atoms with Gasteiger partial charge in [-0.05, 0) is 83.7 Å². The van der Waals surface area contributed by atoms with Crippen molar-refractivity contribution in [2.45, 2.75) is 19.6 Å². The van der Waals surface area contributed by atoms with Gasteiger partial charge in [-0.2, -0.15) is 45.3 Å². The summed E-state index contributed by atoms with van der Waals surface area (Å²) in [6.45, 7) is -1.45. The Morgan fingerprint density at radius 3 is 2.00 bits per heavy atom. The summed E-state index contributed by atoms with van der Waals surface area (Å²) in [4.78, 5) is 9.09. The van der Waals surface area contributed by atoms with E-state index in [-0.39, 0.29) is 41.1 Å². The third-order valence-corrected chi connectivity index (χ3v) is 14.4. The lowest BCUT2D eigenvalue weighted by Crippen LogP contribution is -2.37. The minimum atomic E-state index is -5.69. The van der Waals surface area contributed by atoms with Gasteiger partial charge in [0.2, 0.25) is 17.2 Å². The number of aromatic hydroxyl groups is 1. The summed E-state index contributed by atoms with van der Waals surface area (Å²) in [5, 5.41) is 34.3. The number of sulfone groups is 1. The van der Waals surface area contributed by atoms with Crippen molar-refractivity contribution in [2.24, 2.45) is 10.2 Å². The highest BCUT2D eigenvalue weighted by atomic mass is 35.5. The smallest absolute Gasteiger partial charge is 0.397 e. The molecule has 0 saturated heterocycles. The maximum absolute atomic E-state index is 12.8. The predicted molar refractivity (Wildman–Crippen MR) is 218 cm³/mol. The Morgan fingerprint density at radius 2 is 1.41 bits per heavy atom. The van der Waals surface area contributed by atoms with Gasteiger partial charge in [0.05, 0.1) is 50.8 Å². The number of azo groups is 1. The Balaban J connectivity index is 1.50. The first-order valence-electron chi connectivity index (χ1n) is 16.3. The largest absolute Gasteiger partial charge is 0.505 e. The summed E-state index contributed by atoms with van der Waals surface area (Å²) in [6.07, 6.45) is 0. The van der Waals surface area contributed by atoms with Crippen LogP contribution >= 0.6 is 23.9 Å². The molecule has 27 nitrogen and oxygen atoms in total. The number of aromatic nitrogens is 3. The Hall–Kier alpha value is -4.66. The van der Waals surface area contributed by atoms with E-state index in [1.807, 2.05) is 0 Å². The zero-order valence-electron chi connectivity index (χ0n) is 30.7. The van der Waals surface area contributed by atoms with Crippen LogP contribution in [0.25, 0.3) is 10.8 Å². The third kappa shape index (κ3) is 13.2. The van der Waals surface area contributed by atoms with Gasteiger partial charge >= 0.3 is 10.4 Å². The van der Waals surface area contributed by atoms with Gasteiger partial charge in [-0.3, -0.25) is 17.8 Å². The van der Waals surface area contributed by atoms with Gasteiger partial charge in [-0.15, -0.1) is 9.45 Å². The molecule has 0 radical (unpaired) electrons. The zero-order valence-corrected chi connectivity index (χ0v) is 36.3. The van der Waals surface area contributed by atoms with Gasteiger partial charge in [0.1, 0.15) is 20.2 Å². The van der Waals surface area contributed by atoms with E-state index >= 15 is 0 Å². The van der Waals surface area contributed by atoms with Gasteiger partial charge in [0.15, 0.2) is 27.9 Å². The topological polar surface area (TPSA) is 420 Å². The van der Waals surface area contributed by atoms with Crippen molar-refractivity contribution >= 4 is 119 Å². The van der Waals surface area contributed by atoms with Crippen molar-refractivity contribution in [2.75, 3.05) is 35.4 Å². The molecule has 34 heteroatoms. The van der Waals surface area contributed by atoms with Crippen LogP contribution in [0.1, 0.15) is 0 Å². The highest BCUT2D eigenvalue weighted by Crippen LogP contribution is 2.46. The second-order valence-corrected chi connectivity index (χ2v) is 21.9. The zero-order chi connectivity index (χ0) is 46.6. The highest BCUT2D eigenvalue weighted by molar-refractivity contribution is 8.10. The molecule has 0 aliphatic carbocycles. The third-order valence-electron chi connectivity index (χ3n) is 7.82. The standard InChI is InChI=1S/C29H28ClN7O20S6/c30-27-33-28(31-17-3-7-21(8-4-17)63(51,52,53)12-10-55-62(48,49)50)35-29(34-27)32-22-15-20(60(42,43)44)13-16-14-23(61(45,46)47)25(26(38)24(16)22)37-36-18-1-5-19(6-2-18)59(40,41)11-9-54-58-57-56-39/h1-8,13-15,38-39H,9-12H2,(H,42,43,44)(H,45,46,47)(H,48,49,50)(H2,51,52,53)(H2,31,32,33,34,35). The Morgan fingerprint density at radius 1 is 0.778 bits per heavy atom. The van der Waals surface area contributed by atoms with Crippen molar-refractivity contribution in [3.63, 3.8) is 0 Å². The minimum Gasteiger partial charge on any atom is -0.505 e. The number of phenolic OH excluding ortho intramolecular Hbond substituents is 1. The lowest BCUT2D eigenvalue weighted by molar-refractivity contribution is -0.434. The van der Waals surface area contributed by atoms with Gasteiger partial charge in [0.25, 0.3) is 20.2 Å². The monoisotopic (exact) mass is 1020 g/mol. The summed E-state index contributed by atoms with van der Waals surface area (Å²) in [5.41, 5.74) is -1.38. The van der Waals surface area contributed by atoms with E-state index in [1.165, 1.54) is 0 Å². The predicted octanol–water partition coefficient (Wildman–Crippen LogP) is 4.50. The van der Waals surface area contributed by atoms with E-state index in [9.17, 15) is 61.2 Å². The Bertz CT molecular complexity index is 3100. The molecule has 0 bridgehead atoms. The molecular weight excluding hydrogens is 994 g/mol. The first-order chi connectivity index (χ1) is 29.1. The molecule has 0 amide bonds. The summed E-state index contributed by atoms with van der Waals surface area (Å²) in [7, 11) is -25.0. The number of phenols is 1. The van der Waals surface area contributed by atoms with Crippen LogP contribution in [0, 0.1) is 0 Å². The fraction of sp³-hybridized carbons (Fsp3) is 0.138. The molecule has 5 aromatic rings. The number of halogens is 1. The number of hydrogen-bond acceptors (Lipinski definition) is 23. The number of anilines is 4. The van der Waals surface area contributed by atoms with Crippen LogP contribution in [0.4, 0.5) is 34.6 Å². The maximum atomic E-state index is 12.8. The quantitative estimate of drug-likeness (QED) is 0.0129. The Labute approximate surface area is 364 Å². The molecule has 5 rings (SSSR count). The first kappa shape index (κ1) is 49.4. The molecule has 0 atom stereocenters. The molecule has 342 valence electrons. The van der Waals surface area contributed by atoms with Crippen LogP contribution < -0.4 is 10.6 Å². The average molecular weight is 1020 g/mol. The van der Waals surface area contributed by atoms with Crippen molar-refractivity contribution in [1.29, 1.82) is 0 Å². The SMILES string of the molecule is O=S(=O)(O)OCCS(=O)(O)(O)c1ccc(Nc2nc(Cl)nc(Nc3cc(S(=O)(=O)O)cc4cc(S(=O)(=O)O)c(N=Nc5ccc(S(=O)(=O)CCOSOOO)cc5)c(O)c34)n2)cc1. The fourth-order valence-electron chi connectivity index (χ4n) is 5.09. The van der Waals surface area contributed by atoms with Crippen molar-refractivity contribution < 1.29 is 88.7 Å². The van der Waals surface area contributed by atoms with Crippen molar-refractivity contribution in [3.05, 3.63) is 72.0 Å². The summed E-state index contributed by atoms with van der Waals surface area (Å²) < 4.78 is 171. The van der Waals surface area contributed by atoms with Crippen LogP contribution in [0.15, 0.2) is 96.5 Å². The molecule has 0 unspecified atom stereocenters. The minimum absolute atomic E-state index is 0.0790. The van der Waals surface area contributed by atoms with E-state index < -0.39 is 122 Å². The molecule has 0 spiro atoms. The summed E-state index contributed by atoms with van der Waals surface area (Å²) >= 11 is 6.28. The fourth-order valence-corrected chi connectivity index (χ4v) is 9.56. The lowest BCUT2D eigenvalue weighted by atomic mass is 10.1. The molecule has 1 aromatic heterocycles. The number of rotatable bonds is 20. The molecule has 0 saturated carbocycles. The molecule has 0 fully saturated rings. The van der Waals surface area contributed by atoms with Crippen LogP contribution in [0.3, 0.4) is 0 Å². The van der Waals surface area contributed by atoms with Crippen molar-refractivity contribution in [1.82, 2.24) is 15.0 Å². The maximum Gasteiger partial charge on any atom is 0.397 e. The second-order valence-electron chi connectivity index (χ2n) is 12.1. The summed E-state index contributed by atoms with van der Waals surface area (Å²) in [6, 6.07) is 10.9. The van der Waals surface area contributed by atoms with Crippen LogP contribution in [-0.2, 0) is 67.8 Å². The van der Waals surface area contributed by atoms with Gasteiger partial charge in [-0.1, -0.05) is 5.04 Å². The van der Waals surface area contributed by atoms with E-state index in [0.717, 1.165) is 60.7 Å². The first-order valence-corrected chi connectivity index (χ1v) is 25.3. The van der Waals surface area contributed by atoms with Crippen molar-refractivity contribution in [3.8, 4) is 5.75 Å². The molecule has 9 N–H and O–H groups in total. The number of benzene rings is 4. The van der Waals surface area contributed by atoms with Gasteiger partial charge in [0, 0.05) is 11.1 Å². The highest BCUT2D eigenvalue weighted by Gasteiger charge is 2.33. The molecular formula is C29H28ClN7O20S6. The summed E-state index contributed by atoms with van der Waals surface area (Å²) in [5.74, 6) is -3.58. The molecule has 4 aromatic carbocycles. The molecule has 1 heterocycles. The molecule has 0 aliphatic heterocycles. The van der Waals surface area contributed by atoms with E-state index in [4.69, 9.17) is 25.6 Å². The van der Waals surface area contributed by atoms with Crippen LogP contribution in [0.2, 0.25) is 5.28 Å². The number of hydrogen-bond donors (Lipinski definition) is 9. The van der Waals surface area contributed by atoms with E-state index in [1.54, 1.807) is 0 Å². The van der Waals surface area contributed by atoms with Gasteiger partial charge < -0.3 is 24.8 Å². The van der Waals surface area contributed by atoms with Crippen LogP contribution in [-0.4, -0.2) is 111 Å². The number of nitrogens with one attached hydrogen (secondary N) is 2. The lowest BCUT2D eigenvalue weighted by Gasteiger charge is -2.30. The number of fused-ring (bicyclic) bond motifs is 1. The van der Waals surface area contributed by atoms with E-state index in [2.05, 4.69) is 49.4 Å². The number of nitrogens with zero attached hydrogens (tertiary/aromatic N) is 5. The molecule has 0 aliphatic rings. The molecule has 63 heavy (non-hydrogen) atoms. The normalized spacial score (nSPS) is 13.5. The Kier molecular flexibility index (Phi) is 14.7.